The molecule has 0 bridgehead atoms. The van der Waals surface area contributed by atoms with E-state index in [9.17, 15) is 9.59 Å². The number of aryl methyl sites for hydroxylation is 1. The van der Waals surface area contributed by atoms with Crippen LogP contribution in [0.4, 0.5) is 0 Å². The first kappa shape index (κ1) is 13.4. The van der Waals surface area contributed by atoms with E-state index < -0.39 is 0 Å². The molecule has 2 aromatic rings. The van der Waals surface area contributed by atoms with Crippen LogP contribution in [0.25, 0.3) is 11.0 Å². The van der Waals surface area contributed by atoms with Crippen molar-refractivity contribution in [3.63, 3.8) is 0 Å². The normalized spacial score (nSPS) is 11.4. The lowest BCUT2D eigenvalue weighted by atomic mass is 10.3. The monoisotopic (exact) mass is 279 g/mol. The molecule has 6 heteroatoms. The second-order valence-electron chi connectivity index (χ2n) is 4.43. The molecular weight excluding hydrogens is 266 g/mol. The van der Waals surface area contributed by atoms with Crippen LogP contribution in [0.1, 0.15) is 4.79 Å². The summed E-state index contributed by atoms with van der Waals surface area (Å²) in [6.45, 7) is 0. The van der Waals surface area contributed by atoms with E-state index in [0.29, 0.717) is 16.1 Å². The molecule has 1 aromatic carbocycles. The molecule has 0 aliphatic rings. The largest absolute Gasteiger partial charge is 0.383 e. The molecule has 100 valence electrons. The van der Waals surface area contributed by atoms with Gasteiger partial charge < -0.3 is 4.90 Å². The highest BCUT2D eigenvalue weighted by Gasteiger charge is 2.14. The molecule has 0 N–H and O–H groups in total. The predicted molar refractivity (Wildman–Crippen MR) is 75.6 cm³/mol. The average molecular weight is 280 g/mol. The zero-order valence-electron chi connectivity index (χ0n) is 10.9. The zero-order valence-corrected chi connectivity index (χ0v) is 11.7. The number of imidazole rings is 1. The number of halogens is 1. The summed E-state index contributed by atoms with van der Waals surface area (Å²) in [6.07, 6.45) is 2.96. The van der Waals surface area contributed by atoms with Crippen molar-refractivity contribution in [3.05, 3.63) is 46.0 Å². The minimum Gasteiger partial charge on any atom is -0.383 e. The quantitative estimate of drug-likeness (QED) is 0.786. The highest BCUT2D eigenvalue weighted by molar-refractivity contribution is 6.31. The molecule has 1 heterocycles. The summed E-state index contributed by atoms with van der Waals surface area (Å²) < 4.78 is 2.54. The molecule has 0 aliphatic heterocycles. The van der Waals surface area contributed by atoms with Gasteiger partial charge >= 0.3 is 5.69 Å². The Morgan fingerprint density at radius 3 is 2.63 bits per heavy atom. The number of allylic oxidation sites excluding steroid dienone is 1. The Labute approximate surface area is 115 Å². The molecule has 0 aliphatic carbocycles. The Hall–Kier alpha value is -2.01. The molecular formula is C13H14ClN3O2. The molecule has 0 radical (unpaired) electrons. The number of nitrogens with zero attached hydrogens (tertiary/aromatic N) is 3. The van der Waals surface area contributed by atoms with Gasteiger partial charge in [0.1, 0.15) is 0 Å². The van der Waals surface area contributed by atoms with Crippen molar-refractivity contribution in [2.75, 3.05) is 14.1 Å². The van der Waals surface area contributed by atoms with Crippen molar-refractivity contribution < 1.29 is 4.79 Å². The van der Waals surface area contributed by atoms with E-state index in [1.807, 2.05) is 0 Å². The molecule has 0 fully saturated rings. The maximum Gasteiger partial charge on any atom is 0.335 e. The van der Waals surface area contributed by atoms with Gasteiger partial charge in [-0.1, -0.05) is 11.6 Å². The number of carbonyl (C=O) groups excluding carboxylic acids is 1. The number of fused-ring (bicyclic) bond motifs is 1. The minimum atomic E-state index is -0.384. The SMILES string of the molecule is CN(C)/C=C/C(=O)n1c(=O)n(C)c2cc(Cl)ccc21. The van der Waals surface area contributed by atoms with E-state index in [1.165, 1.54) is 10.6 Å². The lowest BCUT2D eigenvalue weighted by Crippen LogP contribution is -2.26. The Morgan fingerprint density at radius 1 is 1.32 bits per heavy atom. The fourth-order valence-corrected chi connectivity index (χ4v) is 1.98. The Balaban J connectivity index is 2.64. The van der Waals surface area contributed by atoms with E-state index in [-0.39, 0.29) is 11.6 Å². The van der Waals surface area contributed by atoms with E-state index in [0.717, 1.165) is 4.57 Å². The smallest absolute Gasteiger partial charge is 0.335 e. The van der Waals surface area contributed by atoms with Gasteiger partial charge in [0.2, 0.25) is 0 Å². The van der Waals surface area contributed by atoms with Gasteiger partial charge in [0.05, 0.1) is 11.0 Å². The molecule has 0 unspecified atom stereocenters. The summed E-state index contributed by atoms with van der Waals surface area (Å²) >= 11 is 5.90. The summed E-state index contributed by atoms with van der Waals surface area (Å²) in [5, 5.41) is 0.525. The molecule has 0 atom stereocenters. The average Bonchev–Trinajstić information content (AvgIpc) is 2.60. The van der Waals surface area contributed by atoms with Crippen LogP contribution in [0.3, 0.4) is 0 Å². The Bertz CT molecular complexity index is 725. The number of hydrogen-bond acceptors (Lipinski definition) is 3. The van der Waals surface area contributed by atoms with Gasteiger partial charge in [0.15, 0.2) is 0 Å². The molecule has 19 heavy (non-hydrogen) atoms. The van der Waals surface area contributed by atoms with Gasteiger partial charge in [-0.2, -0.15) is 0 Å². The molecule has 0 amide bonds. The van der Waals surface area contributed by atoms with Crippen molar-refractivity contribution in [3.8, 4) is 0 Å². The van der Waals surface area contributed by atoms with Gasteiger partial charge in [-0.3, -0.25) is 9.36 Å². The van der Waals surface area contributed by atoms with Crippen LogP contribution in [0.2, 0.25) is 5.02 Å². The second kappa shape index (κ2) is 4.93. The van der Waals surface area contributed by atoms with Gasteiger partial charge in [-0.05, 0) is 18.2 Å². The van der Waals surface area contributed by atoms with Crippen LogP contribution < -0.4 is 5.69 Å². The van der Waals surface area contributed by atoms with Crippen molar-refractivity contribution in [1.82, 2.24) is 14.0 Å². The highest BCUT2D eigenvalue weighted by atomic mass is 35.5. The Morgan fingerprint density at radius 2 is 2.00 bits per heavy atom. The van der Waals surface area contributed by atoms with Crippen LogP contribution >= 0.6 is 11.6 Å². The fourth-order valence-electron chi connectivity index (χ4n) is 1.81. The van der Waals surface area contributed by atoms with Crippen molar-refractivity contribution in [2.24, 2.45) is 7.05 Å². The van der Waals surface area contributed by atoms with Gasteiger partial charge in [-0.15, -0.1) is 0 Å². The molecule has 5 nitrogen and oxygen atoms in total. The Kier molecular flexibility index (Phi) is 3.48. The molecule has 1 aromatic heterocycles. The van der Waals surface area contributed by atoms with Gasteiger partial charge in [0, 0.05) is 38.4 Å². The summed E-state index contributed by atoms with van der Waals surface area (Å²) in [5.74, 6) is -0.383. The maximum atomic E-state index is 12.1. The van der Waals surface area contributed by atoms with Crippen LogP contribution in [0, 0.1) is 0 Å². The highest BCUT2D eigenvalue weighted by Crippen LogP contribution is 2.18. The number of carbonyl (C=O) groups is 1. The number of rotatable bonds is 2. The van der Waals surface area contributed by atoms with Gasteiger partial charge in [0.25, 0.3) is 5.91 Å². The van der Waals surface area contributed by atoms with E-state index in [4.69, 9.17) is 11.6 Å². The van der Waals surface area contributed by atoms with Crippen LogP contribution in [0.5, 0.6) is 0 Å². The summed E-state index contributed by atoms with van der Waals surface area (Å²) in [4.78, 5) is 25.9. The van der Waals surface area contributed by atoms with Crippen molar-refractivity contribution in [2.45, 2.75) is 0 Å². The van der Waals surface area contributed by atoms with Gasteiger partial charge in [-0.25, -0.2) is 9.36 Å². The third kappa shape index (κ3) is 2.42. The van der Waals surface area contributed by atoms with Crippen molar-refractivity contribution in [1.29, 1.82) is 0 Å². The van der Waals surface area contributed by atoms with Crippen LogP contribution in [0.15, 0.2) is 35.3 Å². The summed E-state index contributed by atoms with van der Waals surface area (Å²) in [5.41, 5.74) is 0.792. The lowest BCUT2D eigenvalue weighted by molar-refractivity contribution is 0.0967. The molecule has 0 saturated heterocycles. The maximum absolute atomic E-state index is 12.1. The lowest BCUT2D eigenvalue weighted by Gasteiger charge is -2.03. The number of hydrogen-bond donors (Lipinski definition) is 0. The van der Waals surface area contributed by atoms with Crippen LogP contribution in [-0.2, 0) is 7.05 Å². The standard InChI is InChI=1S/C13H14ClN3O2/c1-15(2)7-6-12(18)17-10-5-4-9(14)8-11(10)16(3)13(17)19/h4-8H,1-3H3/b7-6+. The third-order valence-electron chi connectivity index (χ3n) is 2.75. The molecule has 2 rings (SSSR count). The minimum absolute atomic E-state index is 0.383. The molecule has 0 spiro atoms. The first-order valence-electron chi connectivity index (χ1n) is 5.68. The van der Waals surface area contributed by atoms with Crippen LogP contribution in [-0.4, -0.2) is 34.0 Å². The zero-order chi connectivity index (χ0) is 14.2. The van der Waals surface area contributed by atoms with Crippen molar-refractivity contribution >= 4 is 28.5 Å². The first-order valence-corrected chi connectivity index (χ1v) is 6.05. The predicted octanol–water partition coefficient (Wildman–Crippen LogP) is 1.71. The summed E-state index contributed by atoms with van der Waals surface area (Å²) in [7, 11) is 5.21. The second-order valence-corrected chi connectivity index (χ2v) is 4.86. The number of aromatic nitrogens is 2. The number of benzene rings is 1. The summed E-state index contributed by atoms with van der Waals surface area (Å²) in [6, 6.07) is 4.99. The van der Waals surface area contributed by atoms with E-state index in [1.54, 1.807) is 50.4 Å². The fraction of sp³-hybridized carbons (Fsp3) is 0.231. The topological polar surface area (TPSA) is 47.2 Å². The van der Waals surface area contributed by atoms with E-state index >= 15 is 0 Å². The van der Waals surface area contributed by atoms with E-state index in [2.05, 4.69) is 0 Å². The first-order chi connectivity index (χ1) is 8.91. The third-order valence-corrected chi connectivity index (χ3v) is 2.99. The molecule has 0 saturated carbocycles.